The molecule has 0 spiro atoms. The maximum Gasteiger partial charge on any atom is 0.331 e. The van der Waals surface area contributed by atoms with Crippen LogP contribution in [-0.2, 0) is 25.4 Å². The van der Waals surface area contributed by atoms with Gasteiger partial charge in [0, 0.05) is 6.08 Å². The number of ether oxygens (including phenoxy) is 3. The number of rotatable bonds is 16. The van der Waals surface area contributed by atoms with Crippen molar-refractivity contribution in [2.24, 2.45) is 0 Å². The van der Waals surface area contributed by atoms with Crippen molar-refractivity contribution in [1.29, 1.82) is 0 Å². The van der Waals surface area contributed by atoms with Crippen molar-refractivity contribution < 1.29 is 52.0 Å². The highest BCUT2D eigenvalue weighted by atomic mass is 28.4. The molecule has 0 saturated carbocycles. The second-order valence-corrected chi connectivity index (χ2v) is 41.9. The Hall–Kier alpha value is -2.48. The van der Waals surface area contributed by atoms with E-state index in [1.165, 1.54) is 6.08 Å². The van der Waals surface area contributed by atoms with E-state index in [9.17, 15) is 20.1 Å². The normalized spacial score (nSPS) is 21.2. The van der Waals surface area contributed by atoms with Gasteiger partial charge in [0.05, 0.1) is 13.2 Å². The highest BCUT2D eigenvalue weighted by Crippen LogP contribution is 2.46. The highest BCUT2D eigenvalue weighted by Gasteiger charge is 2.48. The van der Waals surface area contributed by atoms with E-state index in [0.717, 1.165) is 11.3 Å². The van der Waals surface area contributed by atoms with Crippen LogP contribution in [0.15, 0.2) is 42.5 Å². The molecular formula is C47H82O11Si4. The maximum absolute atomic E-state index is 13.2. The predicted molar refractivity (Wildman–Crippen MR) is 261 cm³/mol. The Balaban J connectivity index is 1.75. The van der Waals surface area contributed by atoms with Crippen LogP contribution in [0, 0.1) is 0 Å². The molecule has 1 aliphatic heterocycles. The van der Waals surface area contributed by atoms with Crippen molar-refractivity contribution in [1.82, 2.24) is 0 Å². The standard InChI is InChI=1S/C47H82O11Si4/c1-44(2,3)59(13,14)55-34-24-21-32(29-36(34)57-61(17,18)46(7,8)9)23-26-39(49)54-42-38(31-48)53-43(41(51)40(42)50)52-28-27-33-22-25-35(56-60(15,16)45(4,5)6)37(30-33)58-62(19,20)47(10,11)12/h21-26,29-30,38,40-43,48,50-51H,27-28,31H2,1-20H3/b26-23+/t38?,40?,41?,42-,43-/m1/s1. The first kappa shape index (κ1) is 53.9. The molecule has 0 aliphatic carbocycles. The van der Waals surface area contributed by atoms with Gasteiger partial charge in [-0.1, -0.05) is 95.2 Å². The average Bonchev–Trinajstić information content (AvgIpc) is 3.10. The van der Waals surface area contributed by atoms with Gasteiger partial charge in [0.2, 0.25) is 0 Å². The van der Waals surface area contributed by atoms with Crippen molar-refractivity contribution in [3.05, 3.63) is 53.6 Å². The zero-order chi connectivity index (χ0) is 47.7. The van der Waals surface area contributed by atoms with Crippen molar-refractivity contribution >= 4 is 45.3 Å². The van der Waals surface area contributed by atoms with E-state index < -0.39 is 76.6 Å². The van der Waals surface area contributed by atoms with Crippen LogP contribution in [0.4, 0.5) is 0 Å². The molecule has 2 aromatic carbocycles. The molecule has 3 rings (SSSR count). The molecular weight excluding hydrogens is 853 g/mol. The number of esters is 1. The van der Waals surface area contributed by atoms with E-state index in [4.69, 9.17) is 31.9 Å². The number of carbonyl (C=O) groups is 1. The van der Waals surface area contributed by atoms with Gasteiger partial charge in [-0.15, -0.1) is 0 Å². The van der Waals surface area contributed by atoms with Crippen molar-refractivity contribution in [2.75, 3.05) is 13.2 Å². The molecule has 15 heteroatoms. The van der Waals surface area contributed by atoms with Gasteiger partial charge in [0.1, 0.15) is 41.3 Å². The second kappa shape index (κ2) is 19.5. The van der Waals surface area contributed by atoms with Crippen LogP contribution < -0.4 is 17.7 Å². The summed E-state index contributed by atoms with van der Waals surface area (Å²) in [4.78, 5) is 13.2. The number of aliphatic hydroxyl groups is 3. The zero-order valence-electron chi connectivity index (χ0n) is 41.7. The topological polar surface area (TPSA) is 142 Å². The van der Waals surface area contributed by atoms with Crippen molar-refractivity contribution in [2.45, 2.75) is 193 Å². The van der Waals surface area contributed by atoms with Crippen LogP contribution in [0.5, 0.6) is 23.0 Å². The maximum atomic E-state index is 13.2. The van der Waals surface area contributed by atoms with Gasteiger partial charge in [-0.05, 0) is 120 Å². The van der Waals surface area contributed by atoms with Crippen molar-refractivity contribution in [3.8, 4) is 23.0 Å². The van der Waals surface area contributed by atoms with Crippen LogP contribution in [0.1, 0.15) is 94.2 Å². The van der Waals surface area contributed by atoms with Gasteiger partial charge in [-0.2, -0.15) is 0 Å². The lowest BCUT2D eigenvalue weighted by atomic mass is 9.99. The first-order chi connectivity index (χ1) is 27.9. The third-order valence-corrected chi connectivity index (χ3v) is 31.2. The van der Waals surface area contributed by atoms with E-state index in [1.54, 1.807) is 6.08 Å². The molecule has 0 radical (unpaired) electrons. The van der Waals surface area contributed by atoms with Crippen LogP contribution >= 0.6 is 0 Å². The van der Waals surface area contributed by atoms with Crippen LogP contribution in [0.3, 0.4) is 0 Å². The number of hydrogen-bond donors (Lipinski definition) is 3. The Labute approximate surface area is 378 Å². The SMILES string of the molecule is CC(C)(C)[Si](C)(C)Oc1ccc(/C=C/C(=O)O[C@@H]2C(CO)O[C@@H](OCCc3ccc(O[Si](C)(C)C(C)(C)C)c(O[Si](C)(C)C(C)(C)C)c3)C(O)C2O)cc1O[Si](C)(C)C(C)(C)C. The van der Waals surface area contributed by atoms with Gasteiger partial charge in [-0.3, -0.25) is 0 Å². The Morgan fingerprint density at radius 1 is 0.629 bits per heavy atom. The molecule has 0 aromatic heterocycles. The lowest BCUT2D eigenvalue weighted by Gasteiger charge is -2.41. The van der Waals surface area contributed by atoms with Crippen LogP contribution in [0.2, 0.25) is 72.5 Å². The van der Waals surface area contributed by atoms with E-state index in [1.807, 2.05) is 36.4 Å². The molecule has 3 unspecified atom stereocenters. The second-order valence-electron chi connectivity index (χ2n) is 23.0. The van der Waals surface area contributed by atoms with E-state index in [0.29, 0.717) is 29.2 Å². The van der Waals surface area contributed by atoms with E-state index >= 15 is 0 Å². The highest BCUT2D eigenvalue weighted by molar-refractivity contribution is 6.76. The number of carbonyl (C=O) groups excluding carboxylic acids is 1. The molecule has 1 saturated heterocycles. The largest absolute Gasteiger partial charge is 0.541 e. The quantitative estimate of drug-likeness (QED) is 0.0841. The number of aliphatic hydroxyl groups excluding tert-OH is 3. The fourth-order valence-electron chi connectivity index (χ4n) is 5.34. The molecule has 1 fully saturated rings. The van der Waals surface area contributed by atoms with Crippen LogP contribution in [-0.4, -0.2) is 98.5 Å². The van der Waals surface area contributed by atoms with E-state index in [-0.39, 0.29) is 26.8 Å². The Morgan fingerprint density at radius 2 is 1.05 bits per heavy atom. The molecule has 1 aliphatic rings. The minimum absolute atomic E-state index is 0.00172. The summed E-state index contributed by atoms with van der Waals surface area (Å²) >= 11 is 0. The Kier molecular flexibility index (Phi) is 17.0. The average molecular weight is 936 g/mol. The summed E-state index contributed by atoms with van der Waals surface area (Å²) in [6.07, 6.45) is -3.65. The molecule has 352 valence electrons. The molecule has 0 bridgehead atoms. The lowest BCUT2D eigenvalue weighted by molar-refractivity contribution is -0.302. The Bertz CT molecular complexity index is 1850. The first-order valence-electron chi connectivity index (χ1n) is 22.1. The summed E-state index contributed by atoms with van der Waals surface area (Å²) in [5.74, 6) is 1.94. The lowest BCUT2D eigenvalue weighted by Crippen LogP contribution is -2.60. The molecule has 1 heterocycles. The zero-order valence-corrected chi connectivity index (χ0v) is 45.7. The van der Waals surface area contributed by atoms with E-state index in [2.05, 4.69) is 135 Å². The third-order valence-electron chi connectivity index (χ3n) is 13.8. The third kappa shape index (κ3) is 13.5. The summed E-state index contributed by atoms with van der Waals surface area (Å²) in [7, 11) is -8.88. The summed E-state index contributed by atoms with van der Waals surface area (Å²) in [6.45, 7) is 43.4. The van der Waals surface area contributed by atoms with Gasteiger partial charge in [0.15, 0.2) is 12.4 Å². The minimum atomic E-state index is -2.27. The van der Waals surface area contributed by atoms with Gasteiger partial charge in [0.25, 0.3) is 33.3 Å². The molecule has 2 aromatic rings. The summed E-state index contributed by atoms with van der Waals surface area (Å²) in [5.41, 5.74) is 1.61. The molecule has 3 N–H and O–H groups in total. The molecule has 5 atom stereocenters. The number of benzene rings is 2. The molecule has 62 heavy (non-hydrogen) atoms. The summed E-state index contributed by atoms with van der Waals surface area (Å²) in [6, 6.07) is 11.5. The fourth-order valence-corrected chi connectivity index (χ4v) is 9.42. The summed E-state index contributed by atoms with van der Waals surface area (Å²) < 4.78 is 44.5. The fraction of sp³-hybridized carbons (Fsp3) is 0.681. The monoisotopic (exact) mass is 934 g/mol. The summed E-state index contributed by atoms with van der Waals surface area (Å²) in [5, 5.41) is 32.4. The first-order valence-corrected chi connectivity index (χ1v) is 33.7. The van der Waals surface area contributed by atoms with Crippen molar-refractivity contribution in [3.63, 3.8) is 0 Å². The minimum Gasteiger partial charge on any atom is -0.541 e. The van der Waals surface area contributed by atoms with Gasteiger partial charge in [-0.25, -0.2) is 4.79 Å². The van der Waals surface area contributed by atoms with Gasteiger partial charge >= 0.3 is 5.97 Å². The Morgan fingerprint density at radius 3 is 1.48 bits per heavy atom. The molecule has 0 amide bonds. The molecule has 11 nitrogen and oxygen atoms in total. The number of hydrogen-bond acceptors (Lipinski definition) is 11. The van der Waals surface area contributed by atoms with Gasteiger partial charge < -0.3 is 47.2 Å². The predicted octanol–water partition coefficient (Wildman–Crippen LogP) is 10.8. The van der Waals surface area contributed by atoms with Crippen LogP contribution in [0.25, 0.3) is 6.08 Å². The smallest absolute Gasteiger partial charge is 0.331 e.